The van der Waals surface area contributed by atoms with Crippen molar-refractivity contribution in [2.45, 2.75) is 13.3 Å². The smallest absolute Gasteiger partial charge is 0.224 e. The molecule has 1 aromatic carbocycles. The van der Waals surface area contributed by atoms with Gasteiger partial charge in [-0.1, -0.05) is 6.92 Å². The average molecular weight is 324 g/mol. The number of allylic oxidation sites excluding steroid dienone is 1. The number of ketones is 1. The van der Waals surface area contributed by atoms with E-state index >= 15 is 0 Å². The lowest BCUT2D eigenvalue weighted by Crippen LogP contribution is -2.11. The lowest BCUT2D eigenvalue weighted by atomic mass is 10.0. The molecule has 24 heavy (non-hydrogen) atoms. The number of ether oxygens (including phenoxy) is 1. The van der Waals surface area contributed by atoms with Crippen LogP contribution in [0.15, 0.2) is 29.5 Å². The van der Waals surface area contributed by atoms with Crippen molar-refractivity contribution >= 4 is 45.9 Å². The molecule has 0 atom stereocenters. The summed E-state index contributed by atoms with van der Waals surface area (Å²) in [5, 5.41) is 3.51. The zero-order valence-corrected chi connectivity index (χ0v) is 13.3. The Morgan fingerprint density at radius 3 is 2.88 bits per heavy atom. The number of aromatic nitrogens is 1. The van der Waals surface area contributed by atoms with Gasteiger partial charge in [0.05, 0.1) is 36.0 Å². The number of nitrogen functional groups attached to an aromatic ring is 1. The number of rotatable bonds is 5. The van der Waals surface area contributed by atoms with Gasteiger partial charge in [-0.2, -0.15) is 0 Å². The van der Waals surface area contributed by atoms with E-state index in [-0.39, 0.29) is 17.4 Å². The third-order valence-electron chi connectivity index (χ3n) is 3.65. The van der Waals surface area contributed by atoms with E-state index in [4.69, 9.17) is 10.5 Å². The van der Waals surface area contributed by atoms with Gasteiger partial charge in [0.2, 0.25) is 11.7 Å². The fourth-order valence-corrected chi connectivity index (χ4v) is 2.50. The first-order valence-corrected chi connectivity index (χ1v) is 7.40. The Kier molecular flexibility index (Phi) is 3.99. The van der Waals surface area contributed by atoms with Crippen molar-refractivity contribution in [2.24, 2.45) is 4.99 Å². The van der Waals surface area contributed by atoms with Gasteiger partial charge in [0, 0.05) is 29.7 Å². The van der Waals surface area contributed by atoms with Gasteiger partial charge in [0.15, 0.2) is 0 Å². The van der Waals surface area contributed by atoms with Crippen LogP contribution in [0.5, 0.6) is 0 Å². The van der Waals surface area contributed by atoms with Crippen molar-refractivity contribution in [3.8, 4) is 0 Å². The number of nitrogens with one attached hydrogen (secondary N) is 1. The van der Waals surface area contributed by atoms with Gasteiger partial charge in [-0.05, 0) is 12.1 Å². The number of pyridine rings is 1. The Morgan fingerprint density at radius 1 is 1.38 bits per heavy atom. The molecule has 7 heteroatoms. The van der Waals surface area contributed by atoms with Crippen molar-refractivity contribution in [1.29, 1.82) is 0 Å². The van der Waals surface area contributed by atoms with Crippen LogP contribution < -0.4 is 11.1 Å². The standard InChI is InChI=1S/C17H16N4O3/c1-3-14(23)20-12-7-10(18)16-15-9(8-19-16)6-11(21-17(12)15)13(22)4-5-24-2/h4-8H,3,18H2,1-2H3,(H,20,23)/b5-4+. The SMILES string of the molecule is CCC(=O)Nc1cc(N)c2c3c(cc(C(=O)/C=C/OC)nc13)C=N2. The highest BCUT2D eigenvalue weighted by molar-refractivity contribution is 6.19. The summed E-state index contributed by atoms with van der Waals surface area (Å²) in [6.45, 7) is 1.75. The summed E-state index contributed by atoms with van der Waals surface area (Å²) in [5.74, 6) is -0.468. The van der Waals surface area contributed by atoms with Crippen molar-refractivity contribution in [1.82, 2.24) is 4.98 Å². The molecule has 3 N–H and O–H groups in total. The molecule has 2 heterocycles. The lowest BCUT2D eigenvalue weighted by molar-refractivity contribution is -0.115. The van der Waals surface area contributed by atoms with E-state index in [0.717, 1.165) is 10.9 Å². The lowest BCUT2D eigenvalue weighted by Gasteiger charge is -2.11. The molecule has 1 aromatic heterocycles. The van der Waals surface area contributed by atoms with Gasteiger partial charge in [-0.3, -0.25) is 14.6 Å². The van der Waals surface area contributed by atoms with Crippen LogP contribution in [-0.2, 0) is 9.53 Å². The number of nitrogens with two attached hydrogens (primary N) is 1. The maximum absolute atomic E-state index is 12.2. The van der Waals surface area contributed by atoms with Gasteiger partial charge in [0.25, 0.3) is 0 Å². The van der Waals surface area contributed by atoms with Crippen LogP contribution in [0.25, 0.3) is 10.9 Å². The van der Waals surface area contributed by atoms with Crippen molar-refractivity contribution in [3.63, 3.8) is 0 Å². The zero-order chi connectivity index (χ0) is 17.3. The quantitative estimate of drug-likeness (QED) is 0.325. The van der Waals surface area contributed by atoms with Crippen LogP contribution in [0.2, 0.25) is 0 Å². The second-order valence-electron chi connectivity index (χ2n) is 5.24. The predicted molar refractivity (Wildman–Crippen MR) is 92.8 cm³/mol. The molecular formula is C17H16N4O3. The van der Waals surface area contributed by atoms with Crippen LogP contribution in [-0.4, -0.2) is 30.0 Å². The summed E-state index contributed by atoms with van der Waals surface area (Å²) in [6, 6.07) is 3.26. The molecule has 0 spiro atoms. The number of amides is 1. The minimum absolute atomic E-state index is 0.164. The van der Waals surface area contributed by atoms with E-state index in [1.807, 2.05) is 0 Å². The van der Waals surface area contributed by atoms with Gasteiger partial charge >= 0.3 is 0 Å². The van der Waals surface area contributed by atoms with E-state index in [9.17, 15) is 9.59 Å². The summed E-state index contributed by atoms with van der Waals surface area (Å²) >= 11 is 0. The second kappa shape index (κ2) is 6.11. The maximum atomic E-state index is 12.2. The number of carbonyl (C=O) groups is 2. The largest absolute Gasteiger partial charge is 0.504 e. The van der Waals surface area contributed by atoms with Crippen molar-refractivity contribution < 1.29 is 14.3 Å². The molecule has 0 saturated carbocycles. The van der Waals surface area contributed by atoms with Gasteiger partial charge < -0.3 is 15.8 Å². The number of hydrogen-bond acceptors (Lipinski definition) is 6. The number of nitrogens with zero attached hydrogens (tertiary/aromatic N) is 2. The Hall–Kier alpha value is -3.22. The van der Waals surface area contributed by atoms with E-state index in [1.165, 1.54) is 19.4 Å². The van der Waals surface area contributed by atoms with E-state index in [1.54, 1.807) is 25.3 Å². The monoisotopic (exact) mass is 324 g/mol. The molecule has 0 unspecified atom stereocenters. The van der Waals surface area contributed by atoms with Crippen LogP contribution in [0.1, 0.15) is 29.4 Å². The number of carbonyl (C=O) groups excluding carboxylic acids is 2. The van der Waals surface area contributed by atoms with Gasteiger partial charge in [0.1, 0.15) is 5.69 Å². The summed E-state index contributed by atoms with van der Waals surface area (Å²) in [6.07, 6.45) is 4.53. The molecular weight excluding hydrogens is 308 g/mol. The Morgan fingerprint density at radius 2 is 2.17 bits per heavy atom. The number of methoxy groups -OCH3 is 1. The highest BCUT2D eigenvalue weighted by Gasteiger charge is 2.21. The van der Waals surface area contributed by atoms with E-state index in [2.05, 4.69) is 15.3 Å². The molecule has 0 radical (unpaired) electrons. The second-order valence-corrected chi connectivity index (χ2v) is 5.24. The van der Waals surface area contributed by atoms with Crippen molar-refractivity contribution in [3.05, 3.63) is 35.7 Å². The van der Waals surface area contributed by atoms with Gasteiger partial charge in [-0.25, -0.2) is 4.98 Å². The molecule has 0 fully saturated rings. The summed E-state index contributed by atoms with van der Waals surface area (Å²) in [5.41, 5.74) is 9.01. The molecule has 1 aliphatic heterocycles. The number of benzene rings is 1. The van der Waals surface area contributed by atoms with Crippen LogP contribution in [0.4, 0.5) is 17.1 Å². The topological polar surface area (TPSA) is 107 Å². The Bertz CT molecular complexity index is 916. The first-order chi connectivity index (χ1) is 11.5. The number of aliphatic imine (C=N–C) groups is 1. The fraction of sp³-hybridized carbons (Fsp3) is 0.176. The number of anilines is 2. The summed E-state index contributed by atoms with van der Waals surface area (Å²) in [4.78, 5) is 32.7. The van der Waals surface area contributed by atoms with Crippen molar-refractivity contribution in [2.75, 3.05) is 18.2 Å². The third-order valence-corrected chi connectivity index (χ3v) is 3.65. The minimum atomic E-state index is -0.304. The summed E-state index contributed by atoms with van der Waals surface area (Å²) in [7, 11) is 1.46. The molecule has 122 valence electrons. The highest BCUT2D eigenvalue weighted by atomic mass is 16.5. The first-order valence-electron chi connectivity index (χ1n) is 7.40. The van der Waals surface area contributed by atoms with Crippen LogP contribution >= 0.6 is 0 Å². The molecule has 2 aromatic rings. The maximum Gasteiger partial charge on any atom is 0.224 e. The van der Waals surface area contributed by atoms with Gasteiger partial charge in [-0.15, -0.1) is 0 Å². The normalized spacial score (nSPS) is 12.1. The molecule has 1 amide bonds. The molecule has 0 bridgehead atoms. The average Bonchev–Trinajstić information content (AvgIpc) is 3.01. The summed E-state index contributed by atoms with van der Waals surface area (Å²) < 4.78 is 4.77. The third kappa shape index (κ3) is 2.60. The zero-order valence-electron chi connectivity index (χ0n) is 13.3. The molecule has 3 rings (SSSR count). The molecule has 0 aliphatic carbocycles. The molecule has 0 saturated heterocycles. The van der Waals surface area contributed by atoms with E-state index < -0.39 is 0 Å². The number of hydrogen-bond donors (Lipinski definition) is 2. The van der Waals surface area contributed by atoms with Crippen LogP contribution in [0.3, 0.4) is 0 Å². The highest BCUT2D eigenvalue weighted by Crippen LogP contribution is 2.41. The van der Waals surface area contributed by atoms with Crippen LogP contribution in [0, 0.1) is 0 Å². The fourth-order valence-electron chi connectivity index (χ4n) is 2.50. The molecule has 7 nitrogen and oxygen atoms in total. The first kappa shape index (κ1) is 15.7. The Labute approximate surface area is 138 Å². The van der Waals surface area contributed by atoms with E-state index in [0.29, 0.717) is 29.0 Å². The molecule has 1 aliphatic rings. The Balaban J connectivity index is 2.21. The predicted octanol–water partition coefficient (Wildman–Crippen LogP) is 2.57. The minimum Gasteiger partial charge on any atom is -0.504 e.